The number of diazo groups is 3. The van der Waals surface area contributed by atoms with E-state index >= 15 is 0 Å². The van der Waals surface area contributed by atoms with Gasteiger partial charge in [-0.2, -0.15) is 7.82 Å². The van der Waals surface area contributed by atoms with Gasteiger partial charge < -0.3 is 35.2 Å². The van der Waals surface area contributed by atoms with Gasteiger partial charge in [0.15, 0.2) is 14.9 Å². The fourth-order valence-corrected chi connectivity index (χ4v) is 3.90. The molecular formula is C36H30N9O4P. The third-order valence-corrected chi connectivity index (χ3v) is 6.14. The van der Waals surface area contributed by atoms with Gasteiger partial charge in [0.25, 0.3) is 0 Å². The molecule has 6 aromatic rings. The van der Waals surface area contributed by atoms with Crippen molar-refractivity contribution in [1.82, 2.24) is 0 Å². The molecule has 0 radical (unpaired) electrons. The first kappa shape index (κ1) is 37.5. The number of hydrogen-bond acceptors (Lipinski definition) is 10. The predicted octanol–water partition coefficient (Wildman–Crippen LogP) is 8.92. The number of anilines is 6. The van der Waals surface area contributed by atoms with Crippen molar-refractivity contribution < 1.29 is 19.2 Å². The van der Waals surface area contributed by atoms with Gasteiger partial charge in [-0.3, -0.25) is 0 Å². The summed E-state index contributed by atoms with van der Waals surface area (Å²) in [4.78, 5) is 34.9. The minimum absolute atomic E-state index is 0.550. The molecule has 0 saturated carbocycles. The van der Waals surface area contributed by atoms with E-state index in [9.17, 15) is 0 Å². The molecule has 3 N–H and O–H groups in total. The highest BCUT2D eigenvalue weighted by Gasteiger charge is 2.04. The predicted molar refractivity (Wildman–Crippen MR) is 190 cm³/mol. The monoisotopic (exact) mass is 683 g/mol. The van der Waals surface area contributed by atoms with E-state index in [1.54, 1.807) is 36.4 Å². The highest BCUT2D eigenvalue weighted by molar-refractivity contribution is 7.40. The summed E-state index contributed by atoms with van der Waals surface area (Å²) < 4.78 is 8.55. The Morgan fingerprint density at radius 2 is 0.540 bits per heavy atom. The summed E-state index contributed by atoms with van der Waals surface area (Å²) in [5.74, 6) is 0. The summed E-state index contributed by atoms with van der Waals surface area (Å²) in [5.41, 5.74) is 7.65. The molecule has 0 aliphatic carbocycles. The molecule has 248 valence electrons. The molecule has 0 amide bonds. The summed E-state index contributed by atoms with van der Waals surface area (Å²) in [6, 6.07) is 51.3. The average molecular weight is 684 g/mol. The number of benzene rings is 6. The Hall–Kier alpha value is -6.91. The van der Waals surface area contributed by atoms with Crippen LogP contribution in [0.25, 0.3) is 14.9 Å². The van der Waals surface area contributed by atoms with Gasteiger partial charge in [0.2, 0.25) is 16.2 Å². The molecule has 0 aliphatic rings. The molecule has 13 nitrogen and oxygen atoms in total. The van der Waals surface area contributed by atoms with E-state index in [4.69, 9.17) is 35.4 Å². The molecular weight excluding hydrogens is 653 g/mol. The molecule has 0 aromatic heterocycles. The molecule has 0 saturated heterocycles. The zero-order chi connectivity index (χ0) is 36.0. The second-order valence-corrected chi connectivity index (χ2v) is 10.8. The van der Waals surface area contributed by atoms with Crippen molar-refractivity contribution in [2.24, 2.45) is 0 Å². The molecule has 14 heteroatoms. The summed E-state index contributed by atoms with van der Waals surface area (Å²) in [5, 5.41) is 35.3. The van der Waals surface area contributed by atoms with Crippen LogP contribution in [0, 0.1) is 16.2 Å². The van der Waals surface area contributed by atoms with E-state index in [0.29, 0.717) is 17.1 Å². The third-order valence-electron chi connectivity index (χ3n) is 6.14. The Morgan fingerprint density at radius 3 is 0.720 bits per heavy atom. The van der Waals surface area contributed by atoms with Crippen molar-refractivity contribution in [3.8, 4) is 0 Å². The van der Waals surface area contributed by atoms with Crippen LogP contribution in [0.5, 0.6) is 0 Å². The smallest absolute Gasteiger partial charge is 0.385 e. The highest BCUT2D eigenvalue weighted by atomic mass is 31.2. The molecule has 0 unspecified atom stereocenters. The number of nitrogens with zero attached hydrogens (tertiary/aromatic N) is 6. The Balaban J connectivity index is 0.000000190. The van der Waals surface area contributed by atoms with Crippen molar-refractivity contribution in [2.45, 2.75) is 0 Å². The fraction of sp³-hybridized carbons (Fsp3) is 0. The van der Waals surface area contributed by atoms with Crippen LogP contribution in [0.4, 0.5) is 51.2 Å². The third kappa shape index (κ3) is 15.6. The molecule has 6 aromatic carbocycles. The Morgan fingerprint density at radius 1 is 0.360 bits per heavy atom. The van der Waals surface area contributed by atoms with Crippen LogP contribution < -0.4 is 30.6 Å². The van der Waals surface area contributed by atoms with Crippen molar-refractivity contribution in [3.05, 3.63) is 179 Å². The van der Waals surface area contributed by atoms with Gasteiger partial charge in [-0.25, -0.2) is 0 Å². The highest BCUT2D eigenvalue weighted by Crippen LogP contribution is 2.22. The Bertz CT molecular complexity index is 1810. The normalized spacial score (nSPS) is 9.52. The Kier molecular flexibility index (Phi) is 15.3. The van der Waals surface area contributed by atoms with Crippen molar-refractivity contribution in [3.63, 3.8) is 0 Å². The van der Waals surface area contributed by atoms with Gasteiger partial charge in [0.05, 0.1) is 0 Å². The summed E-state index contributed by atoms with van der Waals surface area (Å²) in [6.45, 7) is 0. The molecule has 0 aliphatic heterocycles. The van der Waals surface area contributed by atoms with E-state index in [0.717, 1.165) is 34.1 Å². The molecule has 6 rings (SSSR count). The lowest BCUT2D eigenvalue weighted by Gasteiger charge is -2.36. The van der Waals surface area contributed by atoms with Crippen LogP contribution in [0.1, 0.15) is 0 Å². The minimum atomic E-state index is -5.39. The van der Waals surface area contributed by atoms with Crippen LogP contribution >= 0.6 is 7.82 Å². The second-order valence-electron chi connectivity index (χ2n) is 9.86. The molecule has 0 atom stereocenters. The summed E-state index contributed by atoms with van der Waals surface area (Å²) >= 11 is 0. The fourth-order valence-electron chi connectivity index (χ4n) is 3.90. The SMILES string of the molecule is N#[N+]c1ccc(Nc2ccccc2)cc1.N#[N+]c1ccc(Nc2ccccc2)cc1.N#[N+]c1ccc(Nc2ccccc2)cc1.O=P([O-])([O-])[O-]. The van der Waals surface area contributed by atoms with E-state index in [-0.39, 0.29) is 0 Å². The maximum atomic E-state index is 8.55. The molecule has 0 heterocycles. The minimum Gasteiger partial charge on any atom is -0.822 e. The maximum Gasteiger partial charge on any atom is 0.385 e. The maximum absolute atomic E-state index is 8.55. The lowest BCUT2D eigenvalue weighted by atomic mass is 10.2. The molecule has 0 bridgehead atoms. The van der Waals surface area contributed by atoms with Crippen molar-refractivity contribution in [2.75, 3.05) is 16.0 Å². The van der Waals surface area contributed by atoms with E-state index < -0.39 is 7.82 Å². The lowest BCUT2D eigenvalue weighted by Crippen LogP contribution is -2.24. The first-order valence-electron chi connectivity index (χ1n) is 14.7. The molecule has 50 heavy (non-hydrogen) atoms. The first-order chi connectivity index (χ1) is 24.1. The second kappa shape index (κ2) is 20.4. The Labute approximate surface area is 288 Å². The van der Waals surface area contributed by atoms with Gasteiger partial charge in [0.1, 0.15) is 0 Å². The summed E-state index contributed by atoms with van der Waals surface area (Å²) in [6.07, 6.45) is 0. The number of para-hydroxylation sites is 3. The van der Waals surface area contributed by atoms with Crippen LogP contribution in [-0.4, -0.2) is 0 Å². The lowest BCUT2D eigenvalue weighted by molar-refractivity contribution is -0.432. The molecule has 0 fully saturated rings. The number of phosphoric acid groups is 1. The van der Waals surface area contributed by atoms with Crippen molar-refractivity contribution >= 4 is 59.0 Å². The van der Waals surface area contributed by atoms with E-state index in [1.807, 2.05) is 127 Å². The van der Waals surface area contributed by atoms with Gasteiger partial charge in [-0.15, -0.1) is 0 Å². The van der Waals surface area contributed by atoms with E-state index in [2.05, 4.69) is 30.9 Å². The van der Waals surface area contributed by atoms with Gasteiger partial charge in [-0.05, 0) is 72.8 Å². The zero-order valence-electron chi connectivity index (χ0n) is 26.4. The largest absolute Gasteiger partial charge is 0.822 e. The van der Waals surface area contributed by atoms with Crippen LogP contribution in [0.3, 0.4) is 0 Å². The standard InChI is InChI=1S/3C12H10N3.H3O4P/c3*13-15-12-8-6-11(7-9-12)14-10-4-2-1-3-5-10;1-5(2,3)4/h3*1-9,14H;(H3,1,2,3,4)/q3*+1;/p-3. The van der Waals surface area contributed by atoms with Gasteiger partial charge in [0, 0.05) is 70.5 Å². The number of rotatable bonds is 6. The topological polar surface area (TPSA) is 207 Å². The van der Waals surface area contributed by atoms with Crippen LogP contribution in [0.15, 0.2) is 164 Å². The number of nitrogens with one attached hydrogen (secondary N) is 3. The average Bonchev–Trinajstić information content (AvgIpc) is 3.14. The van der Waals surface area contributed by atoms with Crippen LogP contribution in [0.2, 0.25) is 0 Å². The molecule has 0 spiro atoms. The van der Waals surface area contributed by atoms with Crippen LogP contribution in [-0.2, 0) is 4.57 Å². The number of hydrogen-bond donors (Lipinski definition) is 3. The zero-order valence-corrected chi connectivity index (χ0v) is 27.2. The quantitative estimate of drug-likeness (QED) is 0.112. The van der Waals surface area contributed by atoms with Crippen molar-refractivity contribution in [1.29, 1.82) is 16.2 Å². The van der Waals surface area contributed by atoms with E-state index in [1.165, 1.54) is 0 Å². The first-order valence-corrected chi connectivity index (χ1v) is 16.2. The summed E-state index contributed by atoms with van der Waals surface area (Å²) in [7, 11) is -5.39. The van der Waals surface area contributed by atoms with Gasteiger partial charge in [-0.1, -0.05) is 54.6 Å². The van der Waals surface area contributed by atoms with Gasteiger partial charge >= 0.3 is 17.1 Å².